The number of aromatic nitrogens is 16. The number of morpholine rings is 1. The maximum Gasteiger partial charge on any atom is 0.261 e. The van der Waals surface area contributed by atoms with E-state index in [1.165, 1.54) is 89.8 Å². The van der Waals surface area contributed by atoms with Gasteiger partial charge < -0.3 is 93.9 Å². The maximum absolute atomic E-state index is 12.3. The molecule has 8 aromatic heterocycles. The fraction of sp³-hybridized carbons (Fsp3) is 0.379. The fourth-order valence-electron chi connectivity index (χ4n) is 15.5. The number of halogens is 2. The summed E-state index contributed by atoms with van der Waals surface area (Å²) in [6, 6.07) is 41.2. The number of rotatable bonds is 24. The monoisotopic (exact) mass is 2020 g/mol. The number of piperidine rings is 1. The summed E-state index contributed by atoms with van der Waals surface area (Å²) in [5.41, 5.74) is 13.4. The van der Waals surface area contributed by atoms with E-state index >= 15 is 0 Å². The number of hydrogen-bond acceptors (Lipinski definition) is 29. The van der Waals surface area contributed by atoms with Crippen molar-refractivity contribution in [1.82, 2.24) is 96.0 Å². The molecule has 0 amide bonds. The van der Waals surface area contributed by atoms with Crippen molar-refractivity contribution in [2.75, 3.05) is 190 Å². The Morgan fingerprint density at radius 3 is 1.07 bits per heavy atom. The summed E-state index contributed by atoms with van der Waals surface area (Å²) in [4.78, 5) is 138. The second-order valence-electron chi connectivity index (χ2n) is 35.6. The van der Waals surface area contributed by atoms with E-state index < -0.39 is 0 Å². The molecule has 3 fully saturated rings. The van der Waals surface area contributed by atoms with Crippen LogP contribution in [0.25, 0.3) is 87.2 Å². The van der Waals surface area contributed by atoms with Crippen LogP contribution in [0.3, 0.4) is 0 Å². The molecule has 1 saturated carbocycles. The van der Waals surface area contributed by atoms with Crippen LogP contribution in [0, 0.1) is 5.92 Å². The highest BCUT2D eigenvalue weighted by molar-refractivity contribution is 9.10. The average Bonchev–Trinajstić information content (AvgIpc) is 1.35. The number of fused-ring (bicyclic) bond motifs is 8. The third-order valence-electron chi connectivity index (χ3n) is 24.2. The van der Waals surface area contributed by atoms with Crippen LogP contribution < -0.4 is 87.0 Å². The fourth-order valence-corrected chi connectivity index (χ4v) is 16.3. The van der Waals surface area contributed by atoms with E-state index in [-0.39, 0.29) is 44.5 Å². The topological polar surface area (TPSA) is 398 Å². The van der Waals surface area contributed by atoms with Gasteiger partial charge >= 0.3 is 0 Å². The Labute approximate surface area is 836 Å². The number of nitrogens with one attached hydrogen (secondary N) is 8. The van der Waals surface area contributed by atoms with Gasteiger partial charge in [-0.05, 0) is 229 Å². The summed E-state index contributed by atoms with van der Waals surface area (Å²) in [5, 5.41) is 31.5. The zero-order valence-corrected chi connectivity index (χ0v) is 86.1. The van der Waals surface area contributed by atoms with Crippen LogP contribution in [0.5, 0.6) is 0 Å². The predicted molar refractivity (Wildman–Crippen MR) is 581 cm³/mol. The van der Waals surface area contributed by atoms with Crippen molar-refractivity contribution < 1.29 is 4.74 Å². The molecule has 39 heteroatoms. The Kier molecular flexibility index (Phi) is 38.6. The number of benzene rings is 8. The van der Waals surface area contributed by atoms with Crippen molar-refractivity contribution >= 4 is 160 Å². The second kappa shape index (κ2) is 51.3. The number of hydrogen-bond donors (Lipinski definition) is 8. The summed E-state index contributed by atoms with van der Waals surface area (Å²) in [7, 11) is 27.2. The van der Waals surface area contributed by atoms with Gasteiger partial charge in [0.25, 0.3) is 44.5 Å². The lowest BCUT2D eigenvalue weighted by Gasteiger charge is -2.26. The first-order valence-corrected chi connectivity index (χ1v) is 48.6. The Balaban J connectivity index is 0.000000145. The summed E-state index contributed by atoms with van der Waals surface area (Å²) >= 11 is 9.39. The number of ether oxygens (including phenoxy) is 1. The van der Waals surface area contributed by atoms with Crippen LogP contribution in [0.1, 0.15) is 51.3 Å². The van der Waals surface area contributed by atoms with E-state index in [2.05, 4.69) is 125 Å². The molecule has 8 aromatic carbocycles. The van der Waals surface area contributed by atoms with Gasteiger partial charge in [-0.25, -0.2) is 39.9 Å². The molecule has 37 nitrogen and oxygen atoms in total. The summed E-state index contributed by atoms with van der Waals surface area (Å²) in [5.74, 6) is 1.65. The number of aryl methyl sites for hydroxylation is 7. The molecule has 0 radical (unpaired) electrons. The van der Waals surface area contributed by atoms with E-state index in [4.69, 9.17) is 16.3 Å². The van der Waals surface area contributed by atoms with Crippen LogP contribution in [-0.2, 0) is 67.5 Å². The number of likely N-dealkylation sites (tertiary alicyclic amines) is 1. The zero-order chi connectivity index (χ0) is 102. The molecule has 0 unspecified atom stereocenters. The minimum atomic E-state index is -0.0930. The van der Waals surface area contributed by atoms with Crippen LogP contribution in [0.2, 0.25) is 5.02 Å². The Bertz CT molecular complexity index is 7370. The highest BCUT2D eigenvalue weighted by Gasteiger charge is 2.22. The van der Waals surface area contributed by atoms with Gasteiger partial charge in [0.15, 0.2) is 0 Å². The SMILES string of the molecule is CCCNc1ccc2c(=O)n(C)cnc2c1.CN(C)CCNc1ccc2c(=O)n(C)cnc2c1.CNc1cc2ncn(C)c(=O)c2cc1Br.CNc1cc2ncn(C)c(=O)c2cc1Cl.CNc1ccc2c(=O)n(C)c(CCN(C)C)nc2c1.Cn1cnc2cc(NCC3CC3)ccc2c1=O.Cn1cnc2cc(NCCN3CCCCC3)ccc2c1=O.Cn1cnc2cc(NCCN3CCOCC3)ccc2c1=O. The smallest absolute Gasteiger partial charge is 0.261 e. The largest absolute Gasteiger partial charge is 0.388 e. The van der Waals surface area contributed by atoms with Crippen molar-refractivity contribution in [3.05, 3.63) is 276 Å². The van der Waals surface area contributed by atoms with Crippen LogP contribution in [0.15, 0.2) is 221 Å². The van der Waals surface area contributed by atoms with Crippen LogP contribution in [-0.4, -0.2) is 244 Å². The second-order valence-corrected chi connectivity index (χ2v) is 36.9. The molecule has 2 saturated heterocycles. The first-order valence-electron chi connectivity index (χ1n) is 47.4. The van der Waals surface area contributed by atoms with Crippen molar-refractivity contribution in [2.45, 2.75) is 51.9 Å². The number of nitrogens with zero attached hydrogens (tertiary/aromatic N) is 20. The summed E-state index contributed by atoms with van der Waals surface area (Å²) in [6.45, 7) is 16.7. The Morgan fingerprint density at radius 2 is 0.697 bits per heavy atom. The van der Waals surface area contributed by atoms with Crippen molar-refractivity contribution in [3.63, 3.8) is 0 Å². The third kappa shape index (κ3) is 29.1. The molecule has 0 spiro atoms. The van der Waals surface area contributed by atoms with Gasteiger partial charge in [-0.15, -0.1) is 0 Å². The van der Waals surface area contributed by atoms with Gasteiger partial charge in [0.2, 0.25) is 0 Å². The quantitative estimate of drug-likeness (QED) is 0.0278. The van der Waals surface area contributed by atoms with E-state index in [0.29, 0.717) is 59.1 Å². The predicted octanol–water partition coefficient (Wildman–Crippen LogP) is 11.4. The molecule has 8 N–H and O–H groups in total. The first kappa shape index (κ1) is 107. The minimum Gasteiger partial charge on any atom is -0.388 e. The lowest BCUT2D eigenvalue weighted by atomic mass is 10.1. The van der Waals surface area contributed by atoms with E-state index in [1.54, 1.807) is 118 Å². The zero-order valence-electron chi connectivity index (χ0n) is 83.8. The molecular formula is C103H130BrClN28O9. The molecular weight excluding hydrogens is 1890 g/mol. The lowest BCUT2D eigenvalue weighted by Crippen LogP contribution is -2.39. The molecule has 19 rings (SSSR count). The molecule has 16 aromatic rings. The highest BCUT2D eigenvalue weighted by Crippen LogP contribution is 2.31. The van der Waals surface area contributed by atoms with Crippen molar-refractivity contribution in [2.24, 2.45) is 62.3 Å². The van der Waals surface area contributed by atoms with Crippen LogP contribution in [0.4, 0.5) is 45.5 Å². The van der Waals surface area contributed by atoms with Crippen LogP contribution >= 0.6 is 27.5 Å². The molecule has 0 atom stereocenters. The maximum atomic E-state index is 12.3. The number of likely N-dealkylation sites (N-methyl/N-ethyl adjacent to an activating group) is 2. The Morgan fingerprint density at radius 1 is 0.366 bits per heavy atom. The molecule has 1 aliphatic carbocycles. The normalized spacial score (nSPS) is 13.0. The standard InChI is InChI=1S/C16H22N4O.C15H20N4O2.C14H20N4O.C13H18N4O.C13H15N3O.C12H15N3O.C10H10BrN3O.C10H10ClN3O/c1-19-12-18-15-11-13(5-6-14(15)16(19)21)17-7-10-20-8-3-2-4-9-20;1-18-11-17-14-10-12(2-3-13(14)15(18)20)16-4-5-19-6-8-21-9-7-19;1-15-10-5-6-11-12(9-10)16-13(7-8-17(2)3)18(4)14(11)19;1-16(2)7-6-14-10-4-5-11-12(8-10)15-9-17(3)13(11)18;1-16-8-15-12-6-10(14-7-9-2-3-9)4-5-11(12)13(16)17;1-3-6-13-9-4-5-10-11(7-9)14-8-15(2)12(10)16;2*1-12-9-4-8-6(3-7(9)11)10(15)14(2)5-13-8/h5-6,11-12,17H,2-4,7-10H2,1H3;2-3,10-11,16H,4-9H2,1H3;5-6,9,15H,7-8H2,1-4H3;4-5,8-9,14H,6-7H2,1-3H3;4-6,8-9,14H,2-3,7H2,1H3;4-5,7-8,13H,3,6H2,1-2H3;2*3-5,12H,1-2H3. The van der Waals surface area contributed by atoms with Crippen molar-refractivity contribution in [3.8, 4) is 0 Å². The van der Waals surface area contributed by atoms with Gasteiger partial charge in [0, 0.05) is 195 Å². The van der Waals surface area contributed by atoms with Gasteiger partial charge in [-0.2, -0.15) is 0 Å². The van der Waals surface area contributed by atoms with Gasteiger partial charge in [-0.3, -0.25) is 47.8 Å². The summed E-state index contributed by atoms with van der Waals surface area (Å²) < 4.78 is 18.2. The first-order chi connectivity index (χ1) is 68.3. The molecule has 142 heavy (non-hydrogen) atoms. The van der Waals surface area contributed by atoms with Crippen molar-refractivity contribution in [1.29, 1.82) is 0 Å². The average molecular weight is 2020 g/mol. The van der Waals surface area contributed by atoms with E-state index in [9.17, 15) is 38.4 Å². The minimum absolute atomic E-state index is 0.000123. The lowest BCUT2D eigenvalue weighted by molar-refractivity contribution is 0.0398. The number of anilines is 8. The molecule has 0 bridgehead atoms. The Hall–Kier alpha value is -14.2. The van der Waals surface area contributed by atoms with Gasteiger partial charge in [0.05, 0.1) is 161 Å². The molecule has 10 heterocycles. The summed E-state index contributed by atoms with van der Waals surface area (Å²) in [6.07, 6.45) is 19.3. The third-order valence-corrected chi connectivity index (χ3v) is 25.2. The highest BCUT2D eigenvalue weighted by atomic mass is 79.9. The van der Waals surface area contributed by atoms with E-state index in [0.717, 1.165) is 193 Å². The molecule has 750 valence electrons. The molecule has 3 aliphatic rings. The van der Waals surface area contributed by atoms with E-state index in [1.807, 2.05) is 158 Å². The molecule has 2 aliphatic heterocycles. The van der Waals surface area contributed by atoms with Gasteiger partial charge in [-0.1, -0.05) is 24.9 Å². The van der Waals surface area contributed by atoms with Gasteiger partial charge in [0.1, 0.15) is 5.82 Å².